The summed E-state index contributed by atoms with van der Waals surface area (Å²) in [4.78, 5) is 27.0. The number of amides is 1. The van der Waals surface area contributed by atoms with Crippen LogP contribution in [0.4, 0.5) is 11.5 Å². The molecule has 100 valence electrons. The van der Waals surface area contributed by atoms with Gasteiger partial charge in [-0.3, -0.25) is 14.9 Å². The van der Waals surface area contributed by atoms with Crippen LogP contribution in [0.15, 0.2) is 28.2 Å². The number of carbonyl (C=O) groups excluding carboxylic acids is 1. The van der Waals surface area contributed by atoms with E-state index in [4.69, 9.17) is 0 Å². The van der Waals surface area contributed by atoms with Crippen LogP contribution in [0.25, 0.3) is 11.6 Å². The third kappa shape index (κ3) is 2.12. The van der Waals surface area contributed by atoms with Crippen LogP contribution in [0, 0.1) is 10.1 Å². The Morgan fingerprint density at radius 3 is 2.95 bits per heavy atom. The zero-order valence-corrected chi connectivity index (χ0v) is 12.2. The topological polar surface area (TPSA) is 85.1 Å². The van der Waals surface area contributed by atoms with Gasteiger partial charge in [0, 0.05) is 21.0 Å². The molecule has 20 heavy (non-hydrogen) atoms. The lowest BCUT2D eigenvalue weighted by Crippen LogP contribution is -2.04. The summed E-state index contributed by atoms with van der Waals surface area (Å²) in [6, 6.07) is 3.23. The first-order valence-electron chi connectivity index (χ1n) is 5.47. The average molecular weight is 352 g/mol. The first-order chi connectivity index (χ1) is 9.56. The van der Waals surface area contributed by atoms with Crippen LogP contribution < -0.4 is 5.32 Å². The molecule has 0 aromatic carbocycles. The summed E-state index contributed by atoms with van der Waals surface area (Å²) in [6.45, 7) is 0. The molecule has 0 saturated carbocycles. The molecule has 3 heterocycles. The van der Waals surface area contributed by atoms with E-state index >= 15 is 0 Å². The molecule has 1 aliphatic heterocycles. The number of nitrogens with zero attached hydrogens (tertiary/aromatic N) is 2. The van der Waals surface area contributed by atoms with Gasteiger partial charge in [0.2, 0.25) is 0 Å². The lowest BCUT2D eigenvalue weighted by atomic mass is 10.1. The maximum absolute atomic E-state index is 11.9. The number of nitrogens with one attached hydrogen (secondary N) is 1. The number of pyridine rings is 1. The SMILES string of the molecule is O=C1Nc2ncc([N+](=O)[O-])cc2C1=Cc1sccc1Br. The van der Waals surface area contributed by atoms with Crippen LogP contribution in [0.2, 0.25) is 0 Å². The first kappa shape index (κ1) is 12.9. The Morgan fingerprint density at radius 2 is 2.30 bits per heavy atom. The minimum atomic E-state index is -0.533. The quantitative estimate of drug-likeness (QED) is 0.511. The number of thiophene rings is 1. The van der Waals surface area contributed by atoms with Gasteiger partial charge in [0.05, 0.1) is 10.5 Å². The van der Waals surface area contributed by atoms with Gasteiger partial charge in [-0.25, -0.2) is 4.98 Å². The highest BCUT2D eigenvalue weighted by molar-refractivity contribution is 9.10. The monoisotopic (exact) mass is 351 g/mol. The van der Waals surface area contributed by atoms with Gasteiger partial charge in [0.1, 0.15) is 12.0 Å². The Kier molecular flexibility index (Phi) is 3.11. The van der Waals surface area contributed by atoms with Crippen molar-refractivity contribution >= 4 is 56.3 Å². The summed E-state index contributed by atoms with van der Waals surface area (Å²) >= 11 is 4.85. The maximum Gasteiger partial charge on any atom is 0.288 e. The van der Waals surface area contributed by atoms with Crippen molar-refractivity contribution in [2.75, 3.05) is 5.32 Å². The predicted molar refractivity (Wildman–Crippen MR) is 79.4 cm³/mol. The van der Waals surface area contributed by atoms with E-state index in [0.717, 1.165) is 15.5 Å². The second-order valence-corrected chi connectivity index (χ2v) is 5.79. The van der Waals surface area contributed by atoms with E-state index in [1.807, 2.05) is 11.4 Å². The Bertz CT molecular complexity index is 769. The Hall–Kier alpha value is -2.06. The maximum atomic E-state index is 11.9. The molecule has 8 heteroatoms. The van der Waals surface area contributed by atoms with Gasteiger partial charge >= 0.3 is 0 Å². The van der Waals surface area contributed by atoms with Crippen molar-refractivity contribution in [2.45, 2.75) is 0 Å². The van der Waals surface area contributed by atoms with Crippen LogP contribution in [0.1, 0.15) is 10.4 Å². The van der Waals surface area contributed by atoms with Crippen LogP contribution in [0.3, 0.4) is 0 Å². The molecule has 0 bridgehead atoms. The van der Waals surface area contributed by atoms with Gasteiger partial charge in [-0.15, -0.1) is 11.3 Å². The van der Waals surface area contributed by atoms with Crippen LogP contribution in [0.5, 0.6) is 0 Å². The Balaban J connectivity index is 2.13. The van der Waals surface area contributed by atoms with Crippen molar-refractivity contribution in [3.8, 4) is 0 Å². The van der Waals surface area contributed by atoms with Crippen LogP contribution in [-0.4, -0.2) is 15.8 Å². The number of hydrogen-bond donors (Lipinski definition) is 1. The average Bonchev–Trinajstić information content (AvgIpc) is 2.94. The summed E-state index contributed by atoms with van der Waals surface area (Å²) < 4.78 is 0.870. The number of nitro groups is 1. The molecule has 1 N–H and O–H groups in total. The second-order valence-electron chi connectivity index (χ2n) is 3.99. The molecule has 1 amide bonds. The summed E-state index contributed by atoms with van der Waals surface area (Å²) in [7, 11) is 0. The molecule has 0 saturated heterocycles. The van der Waals surface area contributed by atoms with Crippen molar-refractivity contribution in [1.29, 1.82) is 0 Å². The van der Waals surface area contributed by atoms with E-state index in [0.29, 0.717) is 17.0 Å². The lowest BCUT2D eigenvalue weighted by Gasteiger charge is -1.97. The van der Waals surface area contributed by atoms with Crippen LogP contribution >= 0.6 is 27.3 Å². The van der Waals surface area contributed by atoms with Crippen molar-refractivity contribution in [3.05, 3.63) is 48.7 Å². The molecule has 3 rings (SSSR count). The number of rotatable bonds is 2. The highest BCUT2D eigenvalue weighted by Gasteiger charge is 2.27. The van der Waals surface area contributed by atoms with Gasteiger partial charge in [-0.2, -0.15) is 0 Å². The van der Waals surface area contributed by atoms with Gasteiger partial charge in [-0.1, -0.05) is 0 Å². The molecule has 1 aliphatic rings. The normalized spacial score (nSPS) is 15.2. The second kappa shape index (κ2) is 4.80. The molecule has 0 aliphatic carbocycles. The number of anilines is 1. The van der Waals surface area contributed by atoms with Crippen LogP contribution in [-0.2, 0) is 4.79 Å². The zero-order chi connectivity index (χ0) is 14.3. The molecular weight excluding hydrogens is 346 g/mol. The van der Waals surface area contributed by atoms with E-state index in [-0.39, 0.29) is 11.6 Å². The third-order valence-electron chi connectivity index (χ3n) is 2.77. The van der Waals surface area contributed by atoms with Crippen molar-refractivity contribution in [1.82, 2.24) is 4.98 Å². The smallest absolute Gasteiger partial charge is 0.288 e. The lowest BCUT2D eigenvalue weighted by molar-refractivity contribution is -0.385. The fraction of sp³-hybridized carbons (Fsp3) is 0. The number of aromatic nitrogens is 1. The summed E-state index contributed by atoms with van der Waals surface area (Å²) in [5, 5.41) is 15.3. The largest absolute Gasteiger partial charge is 0.306 e. The molecule has 0 radical (unpaired) electrons. The fourth-order valence-corrected chi connectivity index (χ4v) is 3.26. The molecular formula is C12H6BrN3O3S. The van der Waals surface area contributed by atoms with Crippen molar-refractivity contribution in [3.63, 3.8) is 0 Å². The van der Waals surface area contributed by atoms with Gasteiger partial charge in [0.25, 0.3) is 11.6 Å². The molecule has 2 aromatic rings. The first-order valence-corrected chi connectivity index (χ1v) is 7.14. The minimum Gasteiger partial charge on any atom is -0.306 e. The van der Waals surface area contributed by atoms with E-state index < -0.39 is 4.92 Å². The van der Waals surface area contributed by atoms with E-state index in [9.17, 15) is 14.9 Å². The number of carbonyl (C=O) groups is 1. The molecule has 0 atom stereocenters. The molecule has 0 unspecified atom stereocenters. The van der Waals surface area contributed by atoms with E-state index in [1.54, 1.807) is 6.08 Å². The molecule has 0 spiro atoms. The fourth-order valence-electron chi connectivity index (χ4n) is 1.84. The van der Waals surface area contributed by atoms with E-state index in [1.165, 1.54) is 17.4 Å². The highest BCUT2D eigenvalue weighted by atomic mass is 79.9. The summed E-state index contributed by atoms with van der Waals surface area (Å²) in [5.41, 5.74) is 0.681. The number of halogens is 1. The zero-order valence-electron chi connectivity index (χ0n) is 9.79. The summed E-state index contributed by atoms with van der Waals surface area (Å²) in [6.07, 6.45) is 2.82. The van der Waals surface area contributed by atoms with Gasteiger partial charge in [0.15, 0.2) is 0 Å². The summed E-state index contributed by atoms with van der Waals surface area (Å²) in [5.74, 6) is 0.0350. The Morgan fingerprint density at radius 1 is 1.50 bits per heavy atom. The van der Waals surface area contributed by atoms with E-state index in [2.05, 4.69) is 26.2 Å². The standard InChI is InChI=1S/C12H6BrN3O3S/c13-9-1-2-20-10(9)4-8-7-3-6(16(18)19)5-14-11(7)15-12(8)17/h1-5H,(H,14,15,17). The Labute approximate surface area is 125 Å². The third-order valence-corrected chi connectivity index (χ3v) is 4.59. The molecule has 0 fully saturated rings. The van der Waals surface area contributed by atoms with Crippen molar-refractivity contribution in [2.24, 2.45) is 0 Å². The number of hydrogen-bond acceptors (Lipinski definition) is 5. The van der Waals surface area contributed by atoms with Gasteiger partial charge in [-0.05, 0) is 33.5 Å². The number of fused-ring (bicyclic) bond motifs is 1. The molecule has 6 nitrogen and oxygen atoms in total. The minimum absolute atomic E-state index is 0.142. The van der Waals surface area contributed by atoms with Gasteiger partial charge < -0.3 is 5.32 Å². The highest BCUT2D eigenvalue weighted by Crippen LogP contribution is 2.35. The molecule has 2 aromatic heterocycles. The predicted octanol–water partition coefficient (Wildman–Crippen LogP) is 3.31. The van der Waals surface area contributed by atoms with Crippen molar-refractivity contribution < 1.29 is 9.72 Å².